The van der Waals surface area contributed by atoms with E-state index in [-0.39, 0.29) is 12.1 Å². The largest absolute Gasteiger partial charge is 0.445 e. The highest BCUT2D eigenvalue weighted by Crippen LogP contribution is 2.20. The van der Waals surface area contributed by atoms with Gasteiger partial charge in [-0.3, -0.25) is 0 Å². The predicted octanol–water partition coefficient (Wildman–Crippen LogP) is 3.62. The molecule has 126 valence electrons. The van der Waals surface area contributed by atoms with E-state index in [1.807, 2.05) is 36.4 Å². The van der Waals surface area contributed by atoms with Crippen LogP contribution in [0.5, 0.6) is 0 Å². The average molecular weight is 324 g/mol. The minimum Gasteiger partial charge on any atom is -0.445 e. The summed E-state index contributed by atoms with van der Waals surface area (Å²) in [4.78, 5) is 11.9. The Balaban J connectivity index is 1.35. The van der Waals surface area contributed by atoms with Crippen LogP contribution in [0.1, 0.15) is 30.4 Å². The molecule has 1 saturated carbocycles. The molecule has 3 rings (SSSR count). The van der Waals surface area contributed by atoms with Crippen molar-refractivity contribution in [2.45, 2.75) is 44.5 Å². The average Bonchev–Trinajstić information content (AvgIpc) is 3.07. The number of rotatable bonds is 6. The fourth-order valence-corrected chi connectivity index (χ4v) is 3.09. The molecule has 0 saturated heterocycles. The molecular weight excluding hydrogens is 300 g/mol. The molecule has 1 aliphatic rings. The standard InChI is InChI=1S/C20H24N2O2/c23-20(24-15-17-9-5-2-6-10-17)22-19-12-11-18(13-19)21-14-16-7-3-1-4-8-16/h1-10,18-19,21H,11-15H2,(H,22,23)/t18-,19+/m0/s1. The lowest BCUT2D eigenvalue weighted by atomic mass is 10.2. The van der Waals surface area contributed by atoms with Crippen molar-refractivity contribution in [3.05, 3.63) is 71.8 Å². The first-order valence-electron chi connectivity index (χ1n) is 8.54. The third-order valence-electron chi connectivity index (χ3n) is 4.41. The van der Waals surface area contributed by atoms with E-state index in [1.165, 1.54) is 5.56 Å². The third-order valence-corrected chi connectivity index (χ3v) is 4.41. The number of amides is 1. The molecule has 1 amide bonds. The molecule has 0 spiro atoms. The van der Waals surface area contributed by atoms with Crippen LogP contribution in [0.15, 0.2) is 60.7 Å². The van der Waals surface area contributed by atoms with Gasteiger partial charge in [-0.05, 0) is 30.4 Å². The van der Waals surface area contributed by atoms with Crippen molar-refractivity contribution < 1.29 is 9.53 Å². The molecular formula is C20H24N2O2. The number of carbonyl (C=O) groups is 1. The van der Waals surface area contributed by atoms with E-state index >= 15 is 0 Å². The summed E-state index contributed by atoms with van der Waals surface area (Å²) >= 11 is 0. The zero-order chi connectivity index (χ0) is 16.6. The summed E-state index contributed by atoms with van der Waals surface area (Å²) in [7, 11) is 0. The molecule has 1 aliphatic carbocycles. The van der Waals surface area contributed by atoms with Gasteiger partial charge < -0.3 is 15.4 Å². The van der Waals surface area contributed by atoms with E-state index in [4.69, 9.17) is 4.74 Å². The van der Waals surface area contributed by atoms with E-state index in [9.17, 15) is 4.79 Å². The highest BCUT2D eigenvalue weighted by atomic mass is 16.5. The second-order valence-electron chi connectivity index (χ2n) is 6.28. The summed E-state index contributed by atoms with van der Waals surface area (Å²) in [5.41, 5.74) is 2.29. The van der Waals surface area contributed by atoms with Crippen LogP contribution in [-0.2, 0) is 17.9 Å². The zero-order valence-electron chi connectivity index (χ0n) is 13.8. The second-order valence-corrected chi connectivity index (χ2v) is 6.28. The van der Waals surface area contributed by atoms with Gasteiger partial charge in [-0.15, -0.1) is 0 Å². The number of carbonyl (C=O) groups excluding carboxylic acids is 1. The summed E-state index contributed by atoms with van der Waals surface area (Å²) in [6.45, 7) is 1.19. The van der Waals surface area contributed by atoms with Gasteiger partial charge in [0.15, 0.2) is 0 Å². The van der Waals surface area contributed by atoms with E-state index in [0.717, 1.165) is 31.4 Å². The molecule has 2 aromatic rings. The van der Waals surface area contributed by atoms with Gasteiger partial charge in [0, 0.05) is 18.6 Å². The Bertz CT molecular complexity index is 631. The van der Waals surface area contributed by atoms with Crippen molar-refractivity contribution in [1.29, 1.82) is 0 Å². The highest BCUT2D eigenvalue weighted by molar-refractivity contribution is 5.67. The Labute approximate surface area is 143 Å². The monoisotopic (exact) mass is 324 g/mol. The van der Waals surface area contributed by atoms with Gasteiger partial charge in [0.2, 0.25) is 0 Å². The van der Waals surface area contributed by atoms with Gasteiger partial charge in [0.05, 0.1) is 0 Å². The smallest absolute Gasteiger partial charge is 0.407 e. The van der Waals surface area contributed by atoms with Crippen LogP contribution < -0.4 is 10.6 Å². The first kappa shape index (κ1) is 16.5. The first-order valence-corrected chi connectivity index (χ1v) is 8.54. The van der Waals surface area contributed by atoms with Crippen LogP contribution in [0.25, 0.3) is 0 Å². The molecule has 1 fully saturated rings. The number of nitrogens with one attached hydrogen (secondary N) is 2. The summed E-state index contributed by atoms with van der Waals surface area (Å²) in [6.07, 6.45) is 2.70. The van der Waals surface area contributed by atoms with Crippen LogP contribution in [0.2, 0.25) is 0 Å². The molecule has 24 heavy (non-hydrogen) atoms. The lowest BCUT2D eigenvalue weighted by Gasteiger charge is -2.15. The van der Waals surface area contributed by atoms with Crippen molar-refractivity contribution >= 4 is 6.09 Å². The lowest BCUT2D eigenvalue weighted by Crippen LogP contribution is -2.35. The van der Waals surface area contributed by atoms with Crippen molar-refractivity contribution in [1.82, 2.24) is 10.6 Å². The Morgan fingerprint density at radius 3 is 2.25 bits per heavy atom. The molecule has 4 nitrogen and oxygen atoms in total. The third kappa shape index (κ3) is 5.10. The van der Waals surface area contributed by atoms with Crippen molar-refractivity contribution in [3.63, 3.8) is 0 Å². The fourth-order valence-electron chi connectivity index (χ4n) is 3.09. The fraction of sp³-hybridized carbons (Fsp3) is 0.350. The molecule has 0 radical (unpaired) electrons. The van der Waals surface area contributed by atoms with E-state index < -0.39 is 0 Å². The number of hydrogen-bond acceptors (Lipinski definition) is 3. The molecule has 2 N–H and O–H groups in total. The molecule has 0 bridgehead atoms. The van der Waals surface area contributed by atoms with Crippen LogP contribution in [0, 0.1) is 0 Å². The molecule has 4 heteroatoms. The first-order chi connectivity index (χ1) is 11.8. The topological polar surface area (TPSA) is 50.4 Å². The van der Waals surface area contributed by atoms with Crippen LogP contribution >= 0.6 is 0 Å². The predicted molar refractivity (Wildman–Crippen MR) is 94.5 cm³/mol. The Hall–Kier alpha value is -2.33. The molecule has 0 aromatic heterocycles. The Morgan fingerprint density at radius 2 is 1.54 bits per heavy atom. The summed E-state index contributed by atoms with van der Waals surface area (Å²) in [5.74, 6) is 0. The summed E-state index contributed by atoms with van der Waals surface area (Å²) in [5, 5.41) is 6.54. The Kier molecular flexibility index (Phi) is 5.85. The molecule has 2 atom stereocenters. The zero-order valence-corrected chi connectivity index (χ0v) is 13.8. The van der Waals surface area contributed by atoms with Gasteiger partial charge in [-0.2, -0.15) is 0 Å². The molecule has 2 aromatic carbocycles. The van der Waals surface area contributed by atoms with Crippen molar-refractivity contribution in [2.75, 3.05) is 0 Å². The van der Waals surface area contributed by atoms with Crippen LogP contribution in [-0.4, -0.2) is 18.2 Å². The number of ether oxygens (including phenoxy) is 1. The van der Waals surface area contributed by atoms with E-state index in [2.05, 4.69) is 34.9 Å². The maximum atomic E-state index is 11.9. The van der Waals surface area contributed by atoms with Crippen molar-refractivity contribution in [2.24, 2.45) is 0 Å². The highest BCUT2D eigenvalue weighted by Gasteiger charge is 2.25. The SMILES string of the molecule is O=C(N[C@@H]1CC[C@H](NCc2ccccc2)C1)OCc1ccccc1. The second kappa shape index (κ2) is 8.50. The van der Waals surface area contributed by atoms with Crippen molar-refractivity contribution in [3.8, 4) is 0 Å². The van der Waals surface area contributed by atoms with Gasteiger partial charge in [0.1, 0.15) is 6.61 Å². The van der Waals surface area contributed by atoms with Gasteiger partial charge >= 0.3 is 6.09 Å². The maximum Gasteiger partial charge on any atom is 0.407 e. The Morgan fingerprint density at radius 1 is 0.917 bits per heavy atom. The minimum absolute atomic E-state index is 0.196. The quantitative estimate of drug-likeness (QED) is 0.853. The molecule has 0 heterocycles. The van der Waals surface area contributed by atoms with Crippen LogP contribution in [0.3, 0.4) is 0 Å². The summed E-state index contributed by atoms with van der Waals surface area (Å²) in [6, 6.07) is 20.8. The lowest BCUT2D eigenvalue weighted by molar-refractivity contribution is 0.135. The van der Waals surface area contributed by atoms with Gasteiger partial charge in [-0.25, -0.2) is 4.79 Å². The molecule has 0 aliphatic heterocycles. The normalized spacial score (nSPS) is 19.8. The molecule has 0 unspecified atom stereocenters. The minimum atomic E-state index is -0.326. The van der Waals surface area contributed by atoms with Crippen LogP contribution in [0.4, 0.5) is 4.79 Å². The number of benzene rings is 2. The van der Waals surface area contributed by atoms with E-state index in [0.29, 0.717) is 12.6 Å². The van der Waals surface area contributed by atoms with Gasteiger partial charge in [-0.1, -0.05) is 60.7 Å². The summed E-state index contributed by atoms with van der Waals surface area (Å²) < 4.78 is 5.28. The number of alkyl carbamates (subject to hydrolysis) is 1. The number of hydrogen-bond donors (Lipinski definition) is 2. The van der Waals surface area contributed by atoms with Gasteiger partial charge in [0.25, 0.3) is 0 Å². The maximum absolute atomic E-state index is 11.9. The van der Waals surface area contributed by atoms with E-state index in [1.54, 1.807) is 0 Å².